The number of aromatic carboxylic acids is 1. The fourth-order valence-corrected chi connectivity index (χ4v) is 1.77. The van der Waals surface area contributed by atoms with Gasteiger partial charge in [-0.2, -0.15) is 0 Å². The van der Waals surface area contributed by atoms with Crippen LogP contribution >= 0.6 is 0 Å². The third-order valence-electron chi connectivity index (χ3n) is 2.58. The van der Waals surface area contributed by atoms with Gasteiger partial charge in [-0.05, 0) is 18.2 Å². The van der Waals surface area contributed by atoms with Crippen molar-refractivity contribution in [2.24, 2.45) is 0 Å². The van der Waals surface area contributed by atoms with Crippen LogP contribution in [-0.2, 0) is 0 Å². The molecule has 3 rings (SSSR count). The van der Waals surface area contributed by atoms with E-state index in [0.717, 1.165) is 0 Å². The molecule has 1 aromatic heterocycles. The van der Waals surface area contributed by atoms with Crippen molar-refractivity contribution >= 4 is 5.97 Å². The molecule has 7 heteroatoms. The first-order valence-electron chi connectivity index (χ1n) is 5.30. The van der Waals surface area contributed by atoms with Crippen molar-refractivity contribution in [3.8, 4) is 22.8 Å². The van der Waals surface area contributed by atoms with Gasteiger partial charge in [0, 0.05) is 5.56 Å². The minimum absolute atomic E-state index is 0.0494. The third-order valence-corrected chi connectivity index (χ3v) is 2.58. The lowest BCUT2D eigenvalue weighted by molar-refractivity contribution is 0.0691. The normalized spacial score (nSPS) is 13.3. The smallest absolute Gasteiger partial charge is 0.356 e. The quantitative estimate of drug-likeness (QED) is 0.819. The summed E-state index contributed by atoms with van der Waals surface area (Å²) < 4.78 is 10.8. The number of nitrogens with zero attached hydrogens (tertiary/aromatic N) is 2. The number of H-pyrrole nitrogens is 1. The van der Waals surface area contributed by atoms with Crippen molar-refractivity contribution in [1.82, 2.24) is 15.4 Å². The highest BCUT2D eigenvalue weighted by molar-refractivity contribution is 5.92. The van der Waals surface area contributed by atoms with E-state index >= 15 is 0 Å². The van der Waals surface area contributed by atoms with E-state index in [-0.39, 0.29) is 11.4 Å². The minimum Gasteiger partial charge on any atom is -0.486 e. The Morgan fingerprint density at radius 2 is 2.06 bits per heavy atom. The number of carbonyl (C=O) groups is 1. The van der Waals surface area contributed by atoms with Crippen LogP contribution in [0.2, 0.25) is 0 Å². The molecule has 0 spiro atoms. The molecule has 1 aliphatic rings. The Labute approximate surface area is 101 Å². The third kappa shape index (κ3) is 1.65. The van der Waals surface area contributed by atoms with E-state index < -0.39 is 5.97 Å². The van der Waals surface area contributed by atoms with Crippen LogP contribution in [-0.4, -0.2) is 39.7 Å². The van der Waals surface area contributed by atoms with E-state index in [1.165, 1.54) is 0 Å². The number of ether oxygens (including phenoxy) is 2. The van der Waals surface area contributed by atoms with Crippen LogP contribution in [0, 0.1) is 0 Å². The van der Waals surface area contributed by atoms with E-state index in [9.17, 15) is 4.79 Å². The molecule has 0 saturated heterocycles. The van der Waals surface area contributed by atoms with Gasteiger partial charge in [0.05, 0.1) is 0 Å². The SMILES string of the molecule is O=C(O)c1[nH]nnc1-c1ccc2c(c1)OCCO2. The molecule has 92 valence electrons. The number of hydrogen-bond donors (Lipinski definition) is 2. The molecule has 0 saturated carbocycles. The maximum absolute atomic E-state index is 11.0. The van der Waals surface area contributed by atoms with Gasteiger partial charge in [0.2, 0.25) is 0 Å². The lowest BCUT2D eigenvalue weighted by atomic mass is 10.1. The summed E-state index contributed by atoms with van der Waals surface area (Å²) in [5.41, 5.74) is 0.844. The van der Waals surface area contributed by atoms with Gasteiger partial charge in [0.15, 0.2) is 17.2 Å². The number of carboxylic acid groups (broad SMARTS) is 1. The molecular weight excluding hydrogens is 238 g/mol. The van der Waals surface area contributed by atoms with Crippen molar-refractivity contribution in [3.05, 3.63) is 23.9 Å². The number of benzene rings is 1. The number of aromatic amines is 1. The van der Waals surface area contributed by atoms with E-state index in [0.29, 0.717) is 30.3 Å². The molecule has 2 aromatic rings. The number of carboxylic acids is 1. The standard InChI is InChI=1S/C11H9N3O4/c15-11(16)10-9(12-14-13-10)6-1-2-7-8(5-6)18-4-3-17-7/h1-2,5H,3-4H2,(H,15,16)(H,12,13,14). The number of nitrogens with one attached hydrogen (secondary N) is 1. The molecule has 0 aliphatic carbocycles. The van der Waals surface area contributed by atoms with Gasteiger partial charge in [-0.3, -0.25) is 5.10 Å². The summed E-state index contributed by atoms with van der Waals surface area (Å²) in [5.74, 6) is 0.119. The van der Waals surface area contributed by atoms with Gasteiger partial charge < -0.3 is 14.6 Å². The maximum Gasteiger partial charge on any atom is 0.356 e. The van der Waals surface area contributed by atoms with Crippen molar-refractivity contribution in [1.29, 1.82) is 0 Å². The Hall–Kier alpha value is -2.57. The molecule has 2 heterocycles. The highest BCUT2D eigenvalue weighted by Gasteiger charge is 2.19. The Balaban J connectivity index is 2.06. The van der Waals surface area contributed by atoms with Gasteiger partial charge in [-0.1, -0.05) is 5.21 Å². The molecule has 0 amide bonds. The molecule has 0 radical (unpaired) electrons. The summed E-state index contributed by atoms with van der Waals surface area (Å²) in [5, 5.41) is 18.6. The van der Waals surface area contributed by atoms with Crippen LogP contribution in [0.1, 0.15) is 10.5 Å². The second-order valence-corrected chi connectivity index (χ2v) is 3.70. The predicted molar refractivity (Wildman–Crippen MR) is 59.8 cm³/mol. The zero-order valence-electron chi connectivity index (χ0n) is 9.21. The second-order valence-electron chi connectivity index (χ2n) is 3.70. The van der Waals surface area contributed by atoms with E-state index in [1.807, 2.05) is 0 Å². The Morgan fingerprint density at radius 1 is 1.28 bits per heavy atom. The van der Waals surface area contributed by atoms with Crippen molar-refractivity contribution in [3.63, 3.8) is 0 Å². The topological polar surface area (TPSA) is 97.3 Å². The van der Waals surface area contributed by atoms with E-state index in [4.69, 9.17) is 14.6 Å². The molecule has 7 nitrogen and oxygen atoms in total. The zero-order valence-corrected chi connectivity index (χ0v) is 9.21. The molecule has 0 atom stereocenters. The lowest BCUT2D eigenvalue weighted by Crippen LogP contribution is -2.15. The number of aromatic nitrogens is 3. The minimum atomic E-state index is -1.11. The van der Waals surface area contributed by atoms with Gasteiger partial charge in [-0.25, -0.2) is 4.79 Å². The number of fused-ring (bicyclic) bond motifs is 1. The lowest BCUT2D eigenvalue weighted by Gasteiger charge is -2.18. The summed E-state index contributed by atoms with van der Waals surface area (Å²) in [6, 6.07) is 5.14. The molecule has 0 unspecified atom stereocenters. The molecular formula is C11H9N3O4. The predicted octanol–water partition coefficient (Wildman–Crippen LogP) is 0.941. The van der Waals surface area contributed by atoms with Crippen LogP contribution in [0.4, 0.5) is 0 Å². The Morgan fingerprint density at radius 3 is 2.83 bits per heavy atom. The second kappa shape index (κ2) is 4.02. The first-order valence-corrected chi connectivity index (χ1v) is 5.30. The molecule has 1 aromatic carbocycles. The van der Waals surface area contributed by atoms with Gasteiger partial charge in [0.25, 0.3) is 0 Å². The van der Waals surface area contributed by atoms with Gasteiger partial charge in [-0.15, -0.1) is 5.10 Å². The Kier molecular flexibility index (Phi) is 2.36. The first-order chi connectivity index (χ1) is 8.75. The molecule has 0 fully saturated rings. The number of rotatable bonds is 2. The van der Waals surface area contributed by atoms with Gasteiger partial charge >= 0.3 is 5.97 Å². The van der Waals surface area contributed by atoms with Crippen LogP contribution < -0.4 is 9.47 Å². The molecule has 0 bridgehead atoms. The average Bonchev–Trinajstić information content (AvgIpc) is 2.87. The highest BCUT2D eigenvalue weighted by atomic mass is 16.6. The van der Waals surface area contributed by atoms with Crippen molar-refractivity contribution < 1.29 is 19.4 Å². The van der Waals surface area contributed by atoms with Crippen LogP contribution in [0.25, 0.3) is 11.3 Å². The molecule has 2 N–H and O–H groups in total. The zero-order chi connectivity index (χ0) is 12.5. The van der Waals surface area contributed by atoms with Crippen molar-refractivity contribution in [2.45, 2.75) is 0 Å². The van der Waals surface area contributed by atoms with Crippen LogP contribution in [0.3, 0.4) is 0 Å². The molecule has 1 aliphatic heterocycles. The summed E-state index contributed by atoms with van der Waals surface area (Å²) >= 11 is 0. The Bertz CT molecular complexity index is 608. The number of hydrogen-bond acceptors (Lipinski definition) is 5. The van der Waals surface area contributed by atoms with Crippen LogP contribution in [0.5, 0.6) is 11.5 Å². The summed E-state index contributed by atoms with van der Waals surface area (Å²) in [6.45, 7) is 0.984. The summed E-state index contributed by atoms with van der Waals surface area (Å²) in [6.07, 6.45) is 0. The van der Waals surface area contributed by atoms with E-state index in [2.05, 4.69) is 15.4 Å². The maximum atomic E-state index is 11.0. The first kappa shape index (κ1) is 10.6. The fraction of sp³-hybridized carbons (Fsp3) is 0.182. The summed E-state index contributed by atoms with van der Waals surface area (Å²) in [7, 11) is 0. The van der Waals surface area contributed by atoms with Gasteiger partial charge in [0.1, 0.15) is 18.9 Å². The van der Waals surface area contributed by atoms with Crippen molar-refractivity contribution in [2.75, 3.05) is 13.2 Å². The average molecular weight is 247 g/mol. The largest absolute Gasteiger partial charge is 0.486 e. The monoisotopic (exact) mass is 247 g/mol. The molecule has 18 heavy (non-hydrogen) atoms. The highest BCUT2D eigenvalue weighted by Crippen LogP contribution is 2.34. The summed E-state index contributed by atoms with van der Waals surface area (Å²) in [4.78, 5) is 11.0. The van der Waals surface area contributed by atoms with Crippen LogP contribution in [0.15, 0.2) is 18.2 Å². The van der Waals surface area contributed by atoms with E-state index in [1.54, 1.807) is 18.2 Å². The fourth-order valence-electron chi connectivity index (χ4n) is 1.77.